The number of methoxy groups -OCH3 is 1. The first-order chi connectivity index (χ1) is 10.8. The molecule has 0 heterocycles. The van der Waals surface area contributed by atoms with Crippen LogP contribution in [0.1, 0.15) is 31.0 Å². The van der Waals surface area contributed by atoms with E-state index in [1.165, 1.54) is 0 Å². The molecule has 0 spiro atoms. The summed E-state index contributed by atoms with van der Waals surface area (Å²) in [5.41, 5.74) is 1.83. The summed E-state index contributed by atoms with van der Waals surface area (Å²) in [6, 6.07) is 14.1. The molecule has 0 amide bonds. The highest BCUT2D eigenvalue weighted by atomic mass is 32.2. The fourth-order valence-corrected chi connectivity index (χ4v) is 3.90. The largest absolute Gasteiger partial charge is 0.497 e. The average molecular weight is 333 g/mol. The molecule has 0 bridgehead atoms. The van der Waals surface area contributed by atoms with Gasteiger partial charge in [-0.1, -0.05) is 38.1 Å². The first-order valence-corrected chi connectivity index (χ1v) is 9.05. The zero-order chi connectivity index (χ0) is 17.0. The van der Waals surface area contributed by atoms with E-state index in [2.05, 4.69) is 4.72 Å². The van der Waals surface area contributed by atoms with Crippen LogP contribution in [0.3, 0.4) is 0 Å². The van der Waals surface area contributed by atoms with Gasteiger partial charge in [-0.2, -0.15) is 0 Å². The van der Waals surface area contributed by atoms with Crippen LogP contribution in [0.5, 0.6) is 5.75 Å². The van der Waals surface area contributed by atoms with Crippen molar-refractivity contribution in [2.24, 2.45) is 5.92 Å². The molecule has 0 radical (unpaired) electrons. The molecule has 1 unspecified atom stereocenters. The molecule has 2 aromatic rings. The number of benzene rings is 2. The highest BCUT2D eigenvalue weighted by molar-refractivity contribution is 7.89. The molecule has 1 atom stereocenters. The van der Waals surface area contributed by atoms with Crippen molar-refractivity contribution in [2.45, 2.75) is 31.7 Å². The minimum atomic E-state index is -3.57. The number of hydrogen-bond acceptors (Lipinski definition) is 3. The predicted molar refractivity (Wildman–Crippen MR) is 92.1 cm³/mol. The molecule has 4 nitrogen and oxygen atoms in total. The van der Waals surface area contributed by atoms with E-state index >= 15 is 0 Å². The zero-order valence-corrected chi connectivity index (χ0v) is 14.7. The zero-order valence-electron chi connectivity index (χ0n) is 13.9. The van der Waals surface area contributed by atoms with Crippen LogP contribution in [0.25, 0.3) is 0 Å². The molecule has 2 rings (SSSR count). The number of hydrogen-bond donors (Lipinski definition) is 1. The Hall–Kier alpha value is -1.85. The van der Waals surface area contributed by atoms with Gasteiger partial charge in [0.2, 0.25) is 10.0 Å². The van der Waals surface area contributed by atoms with Crippen molar-refractivity contribution in [3.63, 3.8) is 0 Å². The fourth-order valence-electron chi connectivity index (χ4n) is 2.42. The minimum absolute atomic E-state index is 0.114. The third-order valence-corrected chi connectivity index (χ3v) is 5.16. The van der Waals surface area contributed by atoms with E-state index in [0.29, 0.717) is 0 Å². The van der Waals surface area contributed by atoms with Crippen LogP contribution in [-0.4, -0.2) is 15.5 Å². The lowest BCUT2D eigenvalue weighted by molar-refractivity contribution is 0.413. The van der Waals surface area contributed by atoms with E-state index in [0.717, 1.165) is 16.9 Å². The summed E-state index contributed by atoms with van der Waals surface area (Å²) in [6.07, 6.45) is 0. The van der Waals surface area contributed by atoms with Crippen LogP contribution in [0.4, 0.5) is 0 Å². The Morgan fingerprint density at radius 1 is 1.04 bits per heavy atom. The lowest BCUT2D eigenvalue weighted by atomic mass is 9.97. The summed E-state index contributed by atoms with van der Waals surface area (Å²) in [6.45, 7) is 5.86. The highest BCUT2D eigenvalue weighted by Crippen LogP contribution is 2.26. The van der Waals surface area contributed by atoms with Crippen molar-refractivity contribution < 1.29 is 13.2 Å². The Kier molecular flexibility index (Phi) is 5.44. The molecule has 0 aliphatic heterocycles. The number of sulfonamides is 1. The Labute approximate surface area is 138 Å². The van der Waals surface area contributed by atoms with Gasteiger partial charge in [-0.15, -0.1) is 0 Å². The molecule has 2 aromatic carbocycles. The van der Waals surface area contributed by atoms with Crippen LogP contribution in [0, 0.1) is 12.8 Å². The van der Waals surface area contributed by atoms with Crippen molar-refractivity contribution in [2.75, 3.05) is 7.11 Å². The van der Waals surface area contributed by atoms with Gasteiger partial charge in [-0.3, -0.25) is 0 Å². The van der Waals surface area contributed by atoms with Gasteiger partial charge in [0.15, 0.2) is 0 Å². The Bertz CT molecular complexity index is 752. The lowest BCUT2D eigenvalue weighted by Crippen LogP contribution is -2.31. The topological polar surface area (TPSA) is 55.4 Å². The highest BCUT2D eigenvalue weighted by Gasteiger charge is 2.24. The van der Waals surface area contributed by atoms with Gasteiger partial charge in [-0.05, 0) is 48.2 Å². The maximum absolute atomic E-state index is 12.7. The number of nitrogens with one attached hydrogen (secondary N) is 1. The van der Waals surface area contributed by atoms with Crippen LogP contribution in [-0.2, 0) is 10.0 Å². The summed E-state index contributed by atoms with van der Waals surface area (Å²) in [5, 5.41) is 0. The fraction of sp³-hybridized carbons (Fsp3) is 0.333. The van der Waals surface area contributed by atoms with Crippen molar-refractivity contribution in [1.82, 2.24) is 4.72 Å². The quantitative estimate of drug-likeness (QED) is 0.877. The minimum Gasteiger partial charge on any atom is -0.497 e. The van der Waals surface area contributed by atoms with E-state index < -0.39 is 10.0 Å². The summed E-state index contributed by atoms with van der Waals surface area (Å²) >= 11 is 0. The van der Waals surface area contributed by atoms with E-state index in [4.69, 9.17) is 4.74 Å². The predicted octanol–water partition coefficient (Wildman–Crippen LogP) is 3.68. The summed E-state index contributed by atoms with van der Waals surface area (Å²) in [7, 11) is -1.97. The van der Waals surface area contributed by atoms with Crippen molar-refractivity contribution in [3.05, 3.63) is 59.7 Å². The van der Waals surface area contributed by atoms with Gasteiger partial charge in [0.1, 0.15) is 5.75 Å². The second-order valence-electron chi connectivity index (χ2n) is 5.93. The molecule has 0 aromatic heterocycles. The third-order valence-electron chi connectivity index (χ3n) is 3.72. The molecular weight excluding hydrogens is 310 g/mol. The number of aryl methyl sites for hydroxylation is 1. The first kappa shape index (κ1) is 17.5. The normalized spacial score (nSPS) is 13.1. The Morgan fingerprint density at radius 2 is 1.70 bits per heavy atom. The van der Waals surface area contributed by atoms with Gasteiger partial charge in [-0.25, -0.2) is 13.1 Å². The van der Waals surface area contributed by atoms with Gasteiger partial charge in [0, 0.05) is 6.04 Å². The van der Waals surface area contributed by atoms with Crippen LogP contribution >= 0.6 is 0 Å². The van der Waals surface area contributed by atoms with Crippen LogP contribution < -0.4 is 9.46 Å². The van der Waals surface area contributed by atoms with E-state index in [1.54, 1.807) is 25.3 Å². The van der Waals surface area contributed by atoms with E-state index in [-0.39, 0.29) is 16.9 Å². The SMILES string of the molecule is COc1ccc(C(NS(=O)(=O)c2cccc(C)c2)C(C)C)cc1. The van der Waals surface area contributed by atoms with Gasteiger partial charge >= 0.3 is 0 Å². The van der Waals surface area contributed by atoms with Crippen molar-refractivity contribution >= 4 is 10.0 Å². The second-order valence-corrected chi connectivity index (χ2v) is 7.65. The molecule has 0 saturated carbocycles. The van der Waals surface area contributed by atoms with Crippen molar-refractivity contribution in [3.8, 4) is 5.75 Å². The third kappa shape index (κ3) is 4.33. The lowest BCUT2D eigenvalue weighted by Gasteiger charge is -2.23. The molecule has 0 aliphatic carbocycles. The molecule has 0 aliphatic rings. The van der Waals surface area contributed by atoms with Crippen LogP contribution in [0.15, 0.2) is 53.4 Å². The summed E-state index contributed by atoms with van der Waals surface area (Å²) in [5.74, 6) is 0.862. The van der Waals surface area contributed by atoms with E-state index in [1.807, 2.05) is 51.1 Å². The maximum atomic E-state index is 12.7. The second kappa shape index (κ2) is 7.15. The summed E-state index contributed by atoms with van der Waals surface area (Å²) in [4.78, 5) is 0.289. The van der Waals surface area contributed by atoms with Crippen molar-refractivity contribution in [1.29, 1.82) is 0 Å². The van der Waals surface area contributed by atoms with Gasteiger partial charge in [0.25, 0.3) is 0 Å². The molecule has 23 heavy (non-hydrogen) atoms. The Balaban J connectivity index is 2.31. The monoisotopic (exact) mass is 333 g/mol. The molecular formula is C18H23NO3S. The summed E-state index contributed by atoms with van der Waals surface area (Å²) < 4.78 is 33.3. The van der Waals surface area contributed by atoms with E-state index in [9.17, 15) is 8.42 Å². The van der Waals surface area contributed by atoms with Gasteiger partial charge in [0.05, 0.1) is 12.0 Å². The molecule has 1 N–H and O–H groups in total. The Morgan fingerprint density at radius 3 is 2.22 bits per heavy atom. The maximum Gasteiger partial charge on any atom is 0.241 e. The van der Waals surface area contributed by atoms with Crippen LogP contribution in [0.2, 0.25) is 0 Å². The van der Waals surface area contributed by atoms with Gasteiger partial charge < -0.3 is 4.74 Å². The molecule has 5 heteroatoms. The smallest absolute Gasteiger partial charge is 0.241 e. The average Bonchev–Trinajstić information content (AvgIpc) is 2.52. The molecule has 124 valence electrons. The number of rotatable bonds is 6. The first-order valence-electron chi connectivity index (χ1n) is 7.56. The molecule has 0 saturated heterocycles. The number of ether oxygens (including phenoxy) is 1. The standard InChI is InChI=1S/C18H23NO3S/c1-13(2)18(15-8-10-16(22-4)11-9-15)19-23(20,21)17-7-5-6-14(3)12-17/h5-13,18-19H,1-4H3. The molecule has 0 fully saturated rings.